The van der Waals surface area contributed by atoms with E-state index in [9.17, 15) is 9.90 Å². The van der Waals surface area contributed by atoms with E-state index in [0.717, 1.165) is 13.1 Å². The fraction of sp³-hybridized carbons (Fsp3) is 0.667. The zero-order valence-corrected chi connectivity index (χ0v) is 12.6. The van der Waals surface area contributed by atoms with Crippen LogP contribution in [0.1, 0.15) is 36.2 Å². The van der Waals surface area contributed by atoms with Gasteiger partial charge in [-0.15, -0.1) is 0 Å². The van der Waals surface area contributed by atoms with Crippen molar-refractivity contribution in [3.05, 3.63) is 18.1 Å². The summed E-state index contributed by atoms with van der Waals surface area (Å²) in [5.74, 6) is -0.565. The number of nitrogens with zero attached hydrogens (tertiary/aromatic N) is 4. The Kier molecular flexibility index (Phi) is 4.54. The van der Waals surface area contributed by atoms with E-state index in [2.05, 4.69) is 14.9 Å². The molecular formula is C15H22N4O3. The van der Waals surface area contributed by atoms with Crippen LogP contribution in [-0.4, -0.2) is 69.4 Å². The van der Waals surface area contributed by atoms with Gasteiger partial charge in [0.05, 0.1) is 18.5 Å². The molecule has 1 aromatic rings. The van der Waals surface area contributed by atoms with Crippen LogP contribution in [-0.2, 0) is 0 Å². The minimum atomic E-state index is -1.09. The van der Waals surface area contributed by atoms with Crippen LogP contribution >= 0.6 is 0 Å². The molecule has 2 aliphatic rings. The van der Waals surface area contributed by atoms with Gasteiger partial charge < -0.3 is 15.1 Å². The van der Waals surface area contributed by atoms with Crippen molar-refractivity contribution in [2.24, 2.45) is 0 Å². The van der Waals surface area contributed by atoms with E-state index < -0.39 is 12.1 Å². The molecular weight excluding hydrogens is 284 g/mol. The highest BCUT2D eigenvalue weighted by molar-refractivity contribution is 5.85. The molecule has 0 amide bonds. The Bertz CT molecular complexity index is 533. The molecule has 1 atom stereocenters. The second kappa shape index (κ2) is 6.58. The first-order valence-corrected chi connectivity index (χ1v) is 7.86. The molecule has 1 saturated carbocycles. The number of β-amino-alcohol motifs (C(OH)–C–C–N with tert-alkyl or cyclic N) is 1. The monoisotopic (exact) mass is 306 g/mol. The number of carboxylic acids is 1. The average molecular weight is 306 g/mol. The van der Waals surface area contributed by atoms with Gasteiger partial charge in [0.1, 0.15) is 5.82 Å². The summed E-state index contributed by atoms with van der Waals surface area (Å²) < 4.78 is 0. The number of rotatable bonds is 3. The number of hydrogen-bond donors (Lipinski definition) is 2. The molecule has 1 aliphatic heterocycles. The molecule has 1 aromatic heterocycles. The lowest BCUT2D eigenvalue weighted by Crippen LogP contribution is -2.39. The van der Waals surface area contributed by atoms with Crippen molar-refractivity contribution in [2.75, 3.05) is 31.1 Å². The Hall–Kier alpha value is -1.73. The summed E-state index contributed by atoms with van der Waals surface area (Å²) in [6, 6.07) is 0.575. The van der Waals surface area contributed by atoms with Crippen LogP contribution in [0.3, 0.4) is 0 Å². The molecule has 1 aliphatic carbocycles. The standard InChI is InChI=1S/C15H22N4O3/c20-12-9-18(11-3-1-2-4-11)5-6-19(10-12)14-8-16-7-13(17-14)15(21)22/h7-8,11-12,20H,1-6,9-10H2,(H,21,22)/t12-/m0/s1. The van der Waals surface area contributed by atoms with Crippen LogP contribution in [0.2, 0.25) is 0 Å². The molecule has 0 bridgehead atoms. The Balaban J connectivity index is 1.72. The van der Waals surface area contributed by atoms with Crippen LogP contribution in [0.4, 0.5) is 5.82 Å². The number of anilines is 1. The first-order valence-electron chi connectivity index (χ1n) is 7.86. The van der Waals surface area contributed by atoms with Gasteiger partial charge in [-0.1, -0.05) is 12.8 Å². The van der Waals surface area contributed by atoms with Gasteiger partial charge in [-0.3, -0.25) is 9.88 Å². The molecule has 7 heteroatoms. The van der Waals surface area contributed by atoms with Crippen molar-refractivity contribution in [1.82, 2.24) is 14.9 Å². The van der Waals surface area contributed by atoms with Crippen molar-refractivity contribution in [1.29, 1.82) is 0 Å². The number of hydrogen-bond acceptors (Lipinski definition) is 6. The Morgan fingerprint density at radius 2 is 1.95 bits per heavy atom. The maximum Gasteiger partial charge on any atom is 0.356 e. The highest BCUT2D eigenvalue weighted by Gasteiger charge is 2.28. The van der Waals surface area contributed by atoms with E-state index in [1.807, 2.05) is 4.90 Å². The predicted molar refractivity (Wildman–Crippen MR) is 81.0 cm³/mol. The quantitative estimate of drug-likeness (QED) is 0.845. The lowest BCUT2D eigenvalue weighted by molar-refractivity contribution is 0.0690. The summed E-state index contributed by atoms with van der Waals surface area (Å²) in [6.45, 7) is 2.72. The lowest BCUT2D eigenvalue weighted by Gasteiger charge is -2.27. The maximum atomic E-state index is 11.0. The van der Waals surface area contributed by atoms with Crippen LogP contribution in [0.15, 0.2) is 12.4 Å². The van der Waals surface area contributed by atoms with Crippen molar-refractivity contribution < 1.29 is 15.0 Å². The number of aromatic carboxylic acids is 1. The normalized spacial score (nSPS) is 24.4. The van der Waals surface area contributed by atoms with Gasteiger partial charge in [0.25, 0.3) is 0 Å². The molecule has 120 valence electrons. The van der Waals surface area contributed by atoms with Gasteiger partial charge in [0.2, 0.25) is 0 Å². The van der Waals surface area contributed by atoms with Crippen LogP contribution in [0.5, 0.6) is 0 Å². The van der Waals surface area contributed by atoms with E-state index in [-0.39, 0.29) is 5.69 Å². The summed E-state index contributed by atoms with van der Waals surface area (Å²) in [5.41, 5.74) is -0.0658. The summed E-state index contributed by atoms with van der Waals surface area (Å²) in [4.78, 5) is 23.4. The minimum Gasteiger partial charge on any atom is -0.476 e. The molecule has 0 radical (unpaired) electrons. The Morgan fingerprint density at radius 3 is 2.68 bits per heavy atom. The molecule has 2 fully saturated rings. The Morgan fingerprint density at radius 1 is 1.18 bits per heavy atom. The smallest absolute Gasteiger partial charge is 0.356 e. The second-order valence-electron chi connectivity index (χ2n) is 6.10. The van der Waals surface area contributed by atoms with E-state index >= 15 is 0 Å². The van der Waals surface area contributed by atoms with E-state index in [1.54, 1.807) is 6.20 Å². The average Bonchev–Trinajstić information content (AvgIpc) is 2.97. The van der Waals surface area contributed by atoms with Gasteiger partial charge >= 0.3 is 5.97 Å². The molecule has 22 heavy (non-hydrogen) atoms. The molecule has 0 aromatic carbocycles. The third-order valence-corrected chi connectivity index (χ3v) is 4.54. The molecule has 0 unspecified atom stereocenters. The Labute approximate surface area is 129 Å². The zero-order valence-electron chi connectivity index (χ0n) is 12.6. The highest BCUT2D eigenvalue weighted by atomic mass is 16.4. The highest BCUT2D eigenvalue weighted by Crippen LogP contribution is 2.25. The molecule has 2 N–H and O–H groups in total. The zero-order chi connectivity index (χ0) is 15.5. The molecule has 7 nitrogen and oxygen atoms in total. The molecule has 2 heterocycles. The number of aliphatic hydroxyl groups is 1. The first kappa shape index (κ1) is 15.2. The lowest BCUT2D eigenvalue weighted by atomic mass is 10.2. The number of carboxylic acid groups (broad SMARTS) is 1. The third kappa shape index (κ3) is 3.36. The van der Waals surface area contributed by atoms with Crippen molar-refractivity contribution in [3.63, 3.8) is 0 Å². The summed E-state index contributed by atoms with van der Waals surface area (Å²) in [6.07, 6.45) is 7.30. The van der Waals surface area contributed by atoms with Crippen molar-refractivity contribution in [3.8, 4) is 0 Å². The van der Waals surface area contributed by atoms with E-state index in [0.29, 0.717) is 24.9 Å². The number of aliphatic hydroxyl groups excluding tert-OH is 1. The third-order valence-electron chi connectivity index (χ3n) is 4.54. The van der Waals surface area contributed by atoms with Crippen LogP contribution in [0, 0.1) is 0 Å². The first-order chi connectivity index (χ1) is 10.6. The van der Waals surface area contributed by atoms with Gasteiger partial charge in [0.15, 0.2) is 5.69 Å². The molecule has 0 spiro atoms. The van der Waals surface area contributed by atoms with E-state index in [1.165, 1.54) is 31.9 Å². The SMILES string of the molecule is O=C(O)c1cncc(N2CCN(C3CCCC3)C[C@H](O)C2)n1. The van der Waals surface area contributed by atoms with Crippen LogP contribution in [0.25, 0.3) is 0 Å². The topological polar surface area (TPSA) is 89.8 Å². The van der Waals surface area contributed by atoms with E-state index in [4.69, 9.17) is 5.11 Å². The summed E-state index contributed by atoms with van der Waals surface area (Å²) >= 11 is 0. The van der Waals surface area contributed by atoms with Crippen molar-refractivity contribution in [2.45, 2.75) is 37.8 Å². The predicted octanol–water partition coefficient (Wildman–Crippen LogP) is 0.600. The maximum absolute atomic E-state index is 11.0. The number of aromatic nitrogens is 2. The second-order valence-corrected chi connectivity index (χ2v) is 6.10. The minimum absolute atomic E-state index is 0.0658. The fourth-order valence-electron chi connectivity index (χ4n) is 3.43. The fourth-order valence-corrected chi connectivity index (χ4v) is 3.43. The molecule has 1 saturated heterocycles. The van der Waals surface area contributed by atoms with Gasteiger partial charge in [-0.05, 0) is 12.8 Å². The number of carbonyl (C=O) groups is 1. The van der Waals surface area contributed by atoms with Gasteiger partial charge in [-0.2, -0.15) is 0 Å². The summed E-state index contributed by atoms with van der Waals surface area (Å²) in [7, 11) is 0. The largest absolute Gasteiger partial charge is 0.476 e. The summed E-state index contributed by atoms with van der Waals surface area (Å²) in [5, 5.41) is 19.3. The van der Waals surface area contributed by atoms with Crippen LogP contribution < -0.4 is 4.90 Å². The van der Waals surface area contributed by atoms with Gasteiger partial charge in [-0.25, -0.2) is 9.78 Å². The molecule has 3 rings (SSSR count). The van der Waals surface area contributed by atoms with Gasteiger partial charge in [0, 0.05) is 32.2 Å². The van der Waals surface area contributed by atoms with Crippen molar-refractivity contribution >= 4 is 11.8 Å².